The Morgan fingerprint density at radius 3 is 2.58 bits per heavy atom. The van der Waals surface area contributed by atoms with Gasteiger partial charge in [-0.25, -0.2) is 0 Å². The summed E-state index contributed by atoms with van der Waals surface area (Å²) in [5, 5.41) is 20.9. The second-order valence-electron chi connectivity index (χ2n) is 4.27. The number of fused-ring (bicyclic) bond motifs is 1. The van der Waals surface area contributed by atoms with Gasteiger partial charge in [0.15, 0.2) is 0 Å². The van der Waals surface area contributed by atoms with Crippen molar-refractivity contribution in [1.82, 2.24) is 0 Å². The molecule has 2 N–H and O–H groups in total. The fourth-order valence-corrected chi connectivity index (χ4v) is 2.05. The van der Waals surface area contributed by atoms with Crippen LogP contribution in [0.2, 0.25) is 0 Å². The molecule has 100 valence electrons. The number of ether oxygens (including phenoxy) is 2. The Kier molecular flexibility index (Phi) is 4.79. The quantitative estimate of drug-likeness (QED) is 0.599. The zero-order valence-corrected chi connectivity index (χ0v) is 10.9. The van der Waals surface area contributed by atoms with Crippen molar-refractivity contribution in [2.75, 3.05) is 20.3 Å². The molecule has 0 aliphatic heterocycles. The van der Waals surface area contributed by atoms with E-state index >= 15 is 0 Å². The average molecular weight is 260 g/mol. The van der Waals surface area contributed by atoms with Gasteiger partial charge in [0.1, 0.15) is 5.75 Å². The smallest absolute Gasteiger partial charge is 0.492 e. The molecule has 0 fully saturated rings. The lowest BCUT2D eigenvalue weighted by Gasteiger charge is -2.13. The van der Waals surface area contributed by atoms with Crippen molar-refractivity contribution < 1.29 is 19.5 Å². The van der Waals surface area contributed by atoms with Crippen molar-refractivity contribution >= 4 is 23.4 Å². The van der Waals surface area contributed by atoms with Gasteiger partial charge in [0.25, 0.3) is 0 Å². The summed E-state index contributed by atoms with van der Waals surface area (Å²) in [6.07, 6.45) is 0.754. The Morgan fingerprint density at radius 1 is 1.05 bits per heavy atom. The molecule has 0 bridgehead atoms. The fourth-order valence-electron chi connectivity index (χ4n) is 2.05. The Bertz CT molecular complexity index is 542. The SMILES string of the molecule is COCCCOc1ccc2ccccc2c1B(O)O. The van der Waals surface area contributed by atoms with Crippen molar-refractivity contribution in [3.63, 3.8) is 0 Å². The van der Waals surface area contributed by atoms with Crippen molar-refractivity contribution in [2.24, 2.45) is 0 Å². The lowest BCUT2D eigenvalue weighted by atomic mass is 9.76. The third-order valence-electron chi connectivity index (χ3n) is 2.94. The number of hydrogen-bond donors (Lipinski definition) is 2. The highest BCUT2D eigenvalue weighted by Crippen LogP contribution is 2.19. The number of hydrogen-bond acceptors (Lipinski definition) is 4. The molecule has 2 aromatic rings. The van der Waals surface area contributed by atoms with Gasteiger partial charge in [-0.2, -0.15) is 0 Å². The van der Waals surface area contributed by atoms with Crippen LogP contribution in [0.5, 0.6) is 5.75 Å². The minimum absolute atomic E-state index is 0.413. The second kappa shape index (κ2) is 6.56. The molecule has 0 aromatic heterocycles. The van der Waals surface area contributed by atoms with Gasteiger partial charge in [0.2, 0.25) is 0 Å². The van der Waals surface area contributed by atoms with Crippen LogP contribution in [0.1, 0.15) is 6.42 Å². The molecule has 0 radical (unpaired) electrons. The van der Waals surface area contributed by atoms with Gasteiger partial charge < -0.3 is 19.5 Å². The summed E-state index contributed by atoms with van der Waals surface area (Å²) >= 11 is 0. The highest BCUT2D eigenvalue weighted by atomic mass is 16.5. The maximum Gasteiger partial charge on any atom is 0.492 e. The molecular weight excluding hydrogens is 243 g/mol. The molecule has 2 aromatic carbocycles. The summed E-state index contributed by atoms with van der Waals surface area (Å²) in [7, 11) is 0.0855. The van der Waals surface area contributed by atoms with Crippen LogP contribution in [-0.4, -0.2) is 37.5 Å². The Morgan fingerprint density at radius 2 is 1.84 bits per heavy atom. The second-order valence-corrected chi connectivity index (χ2v) is 4.27. The van der Waals surface area contributed by atoms with Crippen LogP contribution in [0.3, 0.4) is 0 Å². The first-order valence-electron chi connectivity index (χ1n) is 6.23. The molecule has 4 nitrogen and oxygen atoms in total. The molecule has 0 saturated heterocycles. The number of rotatable bonds is 6. The van der Waals surface area contributed by atoms with E-state index in [0.29, 0.717) is 24.4 Å². The minimum Gasteiger partial charge on any atom is -0.494 e. The van der Waals surface area contributed by atoms with Crippen LogP contribution in [0.25, 0.3) is 10.8 Å². The average Bonchev–Trinajstić information content (AvgIpc) is 2.42. The summed E-state index contributed by atoms with van der Waals surface area (Å²) in [5.74, 6) is 0.504. The van der Waals surface area contributed by atoms with Crippen LogP contribution >= 0.6 is 0 Å². The van der Waals surface area contributed by atoms with Crippen molar-refractivity contribution in [3.05, 3.63) is 36.4 Å². The Labute approximate surface area is 112 Å². The third kappa shape index (κ3) is 3.26. The van der Waals surface area contributed by atoms with E-state index in [9.17, 15) is 10.0 Å². The summed E-state index contributed by atoms with van der Waals surface area (Å²) in [6, 6.07) is 11.2. The van der Waals surface area contributed by atoms with Crippen LogP contribution in [0.4, 0.5) is 0 Å². The molecule has 0 saturated carbocycles. The first-order chi connectivity index (χ1) is 9.24. The predicted molar refractivity (Wildman–Crippen MR) is 75.8 cm³/mol. The molecule has 5 heteroatoms. The van der Waals surface area contributed by atoms with E-state index in [2.05, 4.69) is 0 Å². The van der Waals surface area contributed by atoms with Gasteiger partial charge in [0, 0.05) is 25.6 Å². The standard InChI is InChI=1S/C14H17BO4/c1-18-9-4-10-19-13-8-7-11-5-2-3-6-12(11)14(13)15(16)17/h2-3,5-8,16-17H,4,9-10H2,1H3. The van der Waals surface area contributed by atoms with E-state index in [-0.39, 0.29) is 0 Å². The monoisotopic (exact) mass is 260 g/mol. The molecule has 0 heterocycles. The van der Waals surface area contributed by atoms with E-state index in [0.717, 1.165) is 17.2 Å². The third-order valence-corrected chi connectivity index (χ3v) is 2.94. The molecule has 0 aliphatic carbocycles. The summed E-state index contributed by atoms with van der Waals surface area (Å²) in [6.45, 7) is 1.09. The van der Waals surface area contributed by atoms with Gasteiger partial charge >= 0.3 is 7.12 Å². The summed E-state index contributed by atoms with van der Waals surface area (Å²) < 4.78 is 10.6. The highest BCUT2D eigenvalue weighted by molar-refractivity contribution is 6.63. The summed E-state index contributed by atoms with van der Waals surface area (Å²) in [4.78, 5) is 0. The fraction of sp³-hybridized carbons (Fsp3) is 0.286. The molecule has 19 heavy (non-hydrogen) atoms. The van der Waals surface area contributed by atoms with E-state index in [1.807, 2.05) is 30.3 Å². The zero-order chi connectivity index (χ0) is 13.7. The molecule has 0 unspecified atom stereocenters. The minimum atomic E-state index is -1.55. The van der Waals surface area contributed by atoms with Crippen molar-refractivity contribution in [2.45, 2.75) is 6.42 Å². The van der Waals surface area contributed by atoms with Crippen LogP contribution < -0.4 is 10.2 Å². The molecule has 0 atom stereocenters. The van der Waals surface area contributed by atoms with Gasteiger partial charge in [0.05, 0.1) is 6.61 Å². The highest BCUT2D eigenvalue weighted by Gasteiger charge is 2.20. The Hall–Kier alpha value is -1.56. The van der Waals surface area contributed by atoms with Gasteiger partial charge in [-0.3, -0.25) is 0 Å². The van der Waals surface area contributed by atoms with E-state index in [1.165, 1.54) is 0 Å². The lowest BCUT2D eigenvalue weighted by Crippen LogP contribution is -2.32. The predicted octanol–water partition coefficient (Wildman–Crippen LogP) is 0.935. The van der Waals surface area contributed by atoms with E-state index in [1.54, 1.807) is 13.2 Å². The van der Waals surface area contributed by atoms with Gasteiger partial charge in [-0.05, 0) is 16.8 Å². The number of methoxy groups -OCH3 is 1. The Balaban J connectivity index is 2.29. The normalized spacial score (nSPS) is 10.7. The zero-order valence-electron chi connectivity index (χ0n) is 10.9. The number of benzene rings is 2. The largest absolute Gasteiger partial charge is 0.494 e. The van der Waals surface area contributed by atoms with Gasteiger partial charge in [-0.15, -0.1) is 0 Å². The molecule has 0 spiro atoms. The first-order valence-corrected chi connectivity index (χ1v) is 6.23. The first kappa shape index (κ1) is 13.9. The molecular formula is C14H17BO4. The summed E-state index contributed by atoms with van der Waals surface area (Å²) in [5.41, 5.74) is 0.413. The van der Waals surface area contributed by atoms with Gasteiger partial charge in [-0.1, -0.05) is 30.3 Å². The van der Waals surface area contributed by atoms with Crippen LogP contribution in [0, 0.1) is 0 Å². The maximum absolute atomic E-state index is 9.56. The molecule has 0 amide bonds. The van der Waals surface area contributed by atoms with Crippen molar-refractivity contribution in [1.29, 1.82) is 0 Å². The molecule has 2 rings (SSSR count). The van der Waals surface area contributed by atoms with E-state index in [4.69, 9.17) is 9.47 Å². The van der Waals surface area contributed by atoms with Crippen LogP contribution in [0.15, 0.2) is 36.4 Å². The lowest BCUT2D eigenvalue weighted by molar-refractivity contribution is 0.172. The topological polar surface area (TPSA) is 58.9 Å². The van der Waals surface area contributed by atoms with E-state index < -0.39 is 7.12 Å². The van der Waals surface area contributed by atoms with Crippen LogP contribution in [-0.2, 0) is 4.74 Å². The maximum atomic E-state index is 9.56. The van der Waals surface area contributed by atoms with Crippen molar-refractivity contribution in [3.8, 4) is 5.75 Å². The molecule has 0 aliphatic rings.